The lowest BCUT2D eigenvalue weighted by Crippen LogP contribution is -2.48. The number of hydrogen-bond donors (Lipinski definition) is 2. The molecule has 0 saturated carbocycles. The molecule has 1 aliphatic heterocycles. The van der Waals surface area contributed by atoms with Crippen LogP contribution in [0.5, 0.6) is 0 Å². The van der Waals surface area contributed by atoms with Gasteiger partial charge >= 0.3 is 0 Å². The zero-order valence-electron chi connectivity index (χ0n) is 17.7. The Hall–Kier alpha value is -2.50. The Morgan fingerprint density at radius 3 is 2.67 bits per heavy atom. The maximum atomic E-state index is 13.0. The number of benzene rings is 1. The smallest absolute Gasteiger partial charge is 0.183 e. The molecule has 2 aliphatic rings. The van der Waals surface area contributed by atoms with E-state index in [0.717, 1.165) is 32.4 Å². The average Bonchev–Trinajstić information content (AvgIpc) is 3.01. The highest BCUT2D eigenvalue weighted by Crippen LogP contribution is 2.52. The highest BCUT2D eigenvalue weighted by Gasteiger charge is 2.49. The van der Waals surface area contributed by atoms with E-state index < -0.39 is 11.0 Å². The van der Waals surface area contributed by atoms with Gasteiger partial charge in [0.2, 0.25) is 0 Å². The molecular weight excluding hydrogens is 396 g/mol. The molecule has 1 fully saturated rings. The van der Waals surface area contributed by atoms with Crippen molar-refractivity contribution in [1.29, 1.82) is 5.26 Å². The predicted molar refractivity (Wildman–Crippen MR) is 119 cm³/mol. The molecular formula is C22H28N6OS. The second kappa shape index (κ2) is 7.64. The Kier molecular flexibility index (Phi) is 5.28. The Balaban J connectivity index is 1.61. The van der Waals surface area contributed by atoms with Gasteiger partial charge in [-0.15, -0.1) is 0 Å². The first kappa shape index (κ1) is 20.8. The molecule has 1 aromatic carbocycles. The number of fused-ring (bicyclic) bond motifs is 1. The molecule has 3 N–H and O–H groups in total. The van der Waals surface area contributed by atoms with Gasteiger partial charge in [0.05, 0.1) is 28.0 Å². The maximum absolute atomic E-state index is 13.0. The lowest BCUT2D eigenvalue weighted by Gasteiger charge is -2.44. The van der Waals surface area contributed by atoms with E-state index in [0.29, 0.717) is 17.3 Å². The molecule has 0 radical (unpaired) electrons. The Morgan fingerprint density at radius 1 is 1.30 bits per heavy atom. The van der Waals surface area contributed by atoms with Gasteiger partial charge in [0.15, 0.2) is 11.5 Å². The van der Waals surface area contributed by atoms with Crippen molar-refractivity contribution in [2.45, 2.75) is 50.8 Å². The van der Waals surface area contributed by atoms with Crippen LogP contribution in [0, 0.1) is 16.7 Å². The third-order valence-corrected chi connectivity index (χ3v) is 7.80. The summed E-state index contributed by atoms with van der Waals surface area (Å²) in [5.41, 5.74) is 8.70. The fraction of sp³-hybridized carbons (Fsp3) is 0.500. The highest BCUT2D eigenvalue weighted by atomic mass is 32.2. The normalized spacial score (nSPS) is 21.3. The number of nitrogen functional groups attached to an aromatic ring is 1. The van der Waals surface area contributed by atoms with Crippen LogP contribution in [-0.2, 0) is 17.4 Å². The molecule has 1 spiro atoms. The molecule has 4 rings (SSSR count). The van der Waals surface area contributed by atoms with E-state index in [2.05, 4.69) is 49.9 Å². The summed E-state index contributed by atoms with van der Waals surface area (Å²) >= 11 is 0. The highest BCUT2D eigenvalue weighted by molar-refractivity contribution is 7.84. The second-order valence-corrected chi connectivity index (χ2v) is 11.2. The maximum Gasteiger partial charge on any atom is 0.183 e. The van der Waals surface area contributed by atoms with E-state index >= 15 is 0 Å². The van der Waals surface area contributed by atoms with Crippen LogP contribution in [0.15, 0.2) is 30.5 Å². The zero-order valence-corrected chi connectivity index (χ0v) is 18.5. The summed E-state index contributed by atoms with van der Waals surface area (Å²) in [5, 5.41) is 9.42. The average molecular weight is 425 g/mol. The van der Waals surface area contributed by atoms with Gasteiger partial charge < -0.3 is 10.6 Å². The number of hydrogen-bond acceptors (Lipinski definition) is 6. The number of nitrogens with one attached hydrogen (secondary N) is 1. The first-order valence-electron chi connectivity index (χ1n) is 10.3. The van der Waals surface area contributed by atoms with Gasteiger partial charge in [-0.05, 0) is 56.6 Å². The topological polar surface area (TPSA) is 108 Å². The van der Waals surface area contributed by atoms with Crippen molar-refractivity contribution in [3.05, 3.63) is 47.3 Å². The first-order valence-corrected chi connectivity index (χ1v) is 11.4. The number of nitrogens with zero attached hydrogens (tertiary/aromatic N) is 4. The van der Waals surface area contributed by atoms with Crippen molar-refractivity contribution in [3.8, 4) is 6.07 Å². The molecule has 2 aromatic rings. The molecule has 0 bridgehead atoms. The van der Waals surface area contributed by atoms with Gasteiger partial charge in [-0.2, -0.15) is 5.26 Å². The van der Waals surface area contributed by atoms with Gasteiger partial charge in [-0.1, -0.05) is 24.3 Å². The Labute approximate surface area is 180 Å². The van der Waals surface area contributed by atoms with Crippen LogP contribution in [0.1, 0.15) is 56.5 Å². The third-order valence-electron chi connectivity index (χ3n) is 6.24. The van der Waals surface area contributed by atoms with Crippen LogP contribution in [0.25, 0.3) is 0 Å². The third kappa shape index (κ3) is 3.68. The molecule has 1 saturated heterocycles. The Bertz CT molecular complexity index is 1020. The molecule has 158 valence electrons. The molecule has 1 aliphatic carbocycles. The quantitative estimate of drug-likeness (QED) is 0.784. The predicted octanol–water partition coefficient (Wildman–Crippen LogP) is 2.87. The van der Waals surface area contributed by atoms with Gasteiger partial charge in [-0.25, -0.2) is 18.9 Å². The van der Waals surface area contributed by atoms with Crippen LogP contribution >= 0.6 is 0 Å². The molecule has 0 amide bonds. The number of piperidine rings is 1. The van der Waals surface area contributed by atoms with Crippen molar-refractivity contribution in [2.24, 2.45) is 5.41 Å². The monoisotopic (exact) mass is 424 g/mol. The number of nitriles is 1. The molecule has 2 atom stereocenters. The van der Waals surface area contributed by atoms with E-state index in [4.69, 9.17) is 5.73 Å². The van der Waals surface area contributed by atoms with Crippen molar-refractivity contribution in [3.63, 3.8) is 0 Å². The number of anilines is 2. The second-order valence-electron chi connectivity index (χ2n) is 9.24. The number of aromatic nitrogens is 2. The number of rotatable bonds is 3. The molecule has 2 heterocycles. The van der Waals surface area contributed by atoms with E-state index in [1.807, 2.05) is 20.8 Å². The van der Waals surface area contributed by atoms with E-state index in [1.54, 1.807) is 0 Å². The van der Waals surface area contributed by atoms with Crippen LogP contribution in [-0.4, -0.2) is 32.0 Å². The molecule has 0 unspecified atom stereocenters. The fourth-order valence-corrected chi connectivity index (χ4v) is 5.53. The minimum Gasteiger partial charge on any atom is -0.382 e. The Morgan fingerprint density at radius 2 is 2.00 bits per heavy atom. The van der Waals surface area contributed by atoms with E-state index in [9.17, 15) is 9.47 Å². The summed E-state index contributed by atoms with van der Waals surface area (Å²) < 4.78 is 16.1. The van der Waals surface area contributed by atoms with Crippen molar-refractivity contribution in [1.82, 2.24) is 14.7 Å². The van der Waals surface area contributed by atoms with E-state index in [-0.39, 0.29) is 16.2 Å². The summed E-state index contributed by atoms with van der Waals surface area (Å²) in [6.07, 6.45) is 4.19. The van der Waals surface area contributed by atoms with Gasteiger partial charge in [0.1, 0.15) is 11.9 Å². The molecule has 30 heavy (non-hydrogen) atoms. The molecule has 8 heteroatoms. The SMILES string of the molecule is CC(C)(C)[S@@](=O)N[C@@H]1c2ccccc2CC12CCN(c1nc(N)cnc1C#N)CC2. The summed E-state index contributed by atoms with van der Waals surface area (Å²) in [6, 6.07) is 10.6. The first-order chi connectivity index (χ1) is 14.2. The van der Waals surface area contributed by atoms with E-state index in [1.165, 1.54) is 17.3 Å². The van der Waals surface area contributed by atoms with Crippen molar-refractivity contribution >= 4 is 22.6 Å². The van der Waals surface area contributed by atoms with Crippen LogP contribution in [0.4, 0.5) is 11.6 Å². The summed E-state index contributed by atoms with van der Waals surface area (Å²) in [6.45, 7) is 7.48. The van der Waals surface area contributed by atoms with Crippen molar-refractivity contribution < 1.29 is 4.21 Å². The minimum atomic E-state index is -1.16. The van der Waals surface area contributed by atoms with Crippen molar-refractivity contribution in [2.75, 3.05) is 23.7 Å². The summed E-state index contributed by atoms with van der Waals surface area (Å²) in [7, 11) is -1.16. The van der Waals surface area contributed by atoms with Crippen LogP contribution in [0.2, 0.25) is 0 Å². The fourth-order valence-electron chi connectivity index (χ4n) is 4.58. The zero-order chi connectivity index (χ0) is 21.5. The number of nitrogens with two attached hydrogens (primary N) is 1. The van der Waals surface area contributed by atoms with Gasteiger partial charge in [-0.3, -0.25) is 0 Å². The summed E-state index contributed by atoms with van der Waals surface area (Å²) in [4.78, 5) is 10.6. The molecule has 1 aromatic heterocycles. The molecule has 7 nitrogen and oxygen atoms in total. The lowest BCUT2D eigenvalue weighted by atomic mass is 9.73. The largest absolute Gasteiger partial charge is 0.382 e. The van der Waals surface area contributed by atoms with Gasteiger partial charge in [0.25, 0.3) is 0 Å². The lowest BCUT2D eigenvalue weighted by molar-refractivity contribution is 0.177. The summed E-state index contributed by atoms with van der Waals surface area (Å²) in [5.74, 6) is 0.878. The van der Waals surface area contributed by atoms with Crippen LogP contribution < -0.4 is 15.4 Å². The standard InChI is InChI=1S/C22H28N6OS/c1-21(2,3)30(29)27-19-16-7-5-4-6-15(16)12-22(19)8-10-28(11-9-22)20-17(13-23)25-14-18(24)26-20/h4-7,14,19,27H,8-12H2,1-3H3,(H2,24,26)/t19-,30-/m1/s1. The van der Waals surface area contributed by atoms with Gasteiger partial charge in [0, 0.05) is 13.1 Å². The van der Waals surface area contributed by atoms with Crippen LogP contribution in [0.3, 0.4) is 0 Å². The minimum absolute atomic E-state index is 0.0122.